The van der Waals surface area contributed by atoms with E-state index in [1.807, 2.05) is 40.6 Å². The molecular formula is C17H19N3O2S. The molecule has 1 N–H and O–H groups in total. The Morgan fingerprint density at radius 3 is 2.61 bits per heavy atom. The lowest BCUT2D eigenvalue weighted by Crippen LogP contribution is -2.42. The van der Waals surface area contributed by atoms with Crippen LogP contribution in [0.1, 0.15) is 18.4 Å². The maximum atomic E-state index is 12.3. The summed E-state index contributed by atoms with van der Waals surface area (Å²) in [6.45, 7) is 1.28. The average molecular weight is 329 g/mol. The van der Waals surface area contributed by atoms with Crippen LogP contribution in [0.15, 0.2) is 41.9 Å². The summed E-state index contributed by atoms with van der Waals surface area (Å²) in [5.41, 5.74) is 1.03. The summed E-state index contributed by atoms with van der Waals surface area (Å²) in [5, 5.41) is 5.31. The van der Waals surface area contributed by atoms with Gasteiger partial charge < -0.3 is 10.2 Å². The number of thiazole rings is 1. The molecule has 0 saturated carbocycles. The lowest BCUT2D eigenvalue weighted by atomic mass is 9.95. The molecule has 0 atom stereocenters. The van der Waals surface area contributed by atoms with Gasteiger partial charge in [-0.05, 0) is 18.4 Å². The van der Waals surface area contributed by atoms with Crippen LogP contribution in [0.5, 0.6) is 0 Å². The molecule has 1 aliphatic heterocycles. The molecule has 3 rings (SSSR count). The second-order valence-corrected chi connectivity index (χ2v) is 6.54. The molecule has 2 amide bonds. The van der Waals surface area contributed by atoms with Crippen molar-refractivity contribution in [3.05, 3.63) is 47.5 Å². The van der Waals surface area contributed by atoms with E-state index in [4.69, 9.17) is 0 Å². The van der Waals surface area contributed by atoms with Crippen molar-refractivity contribution in [1.82, 2.24) is 9.88 Å². The van der Waals surface area contributed by atoms with Gasteiger partial charge in [0.05, 0.1) is 6.42 Å². The number of benzene rings is 1. The van der Waals surface area contributed by atoms with Gasteiger partial charge in [-0.2, -0.15) is 0 Å². The molecule has 5 nitrogen and oxygen atoms in total. The van der Waals surface area contributed by atoms with E-state index in [2.05, 4.69) is 10.3 Å². The standard InChI is InChI=1S/C17H19N3O2S/c21-15(12-13-4-2-1-3-5-13)20-9-6-14(7-10-20)16(22)19-17-18-8-11-23-17/h1-5,8,11,14H,6-7,9-10,12H2,(H,18,19,22). The predicted molar refractivity (Wildman–Crippen MR) is 90.2 cm³/mol. The molecule has 0 spiro atoms. The van der Waals surface area contributed by atoms with Crippen molar-refractivity contribution in [3.63, 3.8) is 0 Å². The van der Waals surface area contributed by atoms with Gasteiger partial charge >= 0.3 is 0 Å². The number of carbonyl (C=O) groups excluding carboxylic acids is 2. The summed E-state index contributed by atoms with van der Waals surface area (Å²) < 4.78 is 0. The highest BCUT2D eigenvalue weighted by atomic mass is 32.1. The van der Waals surface area contributed by atoms with Gasteiger partial charge in [0.15, 0.2) is 5.13 Å². The van der Waals surface area contributed by atoms with Crippen molar-refractivity contribution < 1.29 is 9.59 Å². The van der Waals surface area contributed by atoms with E-state index in [1.54, 1.807) is 6.20 Å². The first-order valence-corrected chi connectivity index (χ1v) is 8.62. The van der Waals surface area contributed by atoms with Gasteiger partial charge in [0.25, 0.3) is 0 Å². The number of hydrogen-bond donors (Lipinski definition) is 1. The van der Waals surface area contributed by atoms with Crippen LogP contribution in [-0.4, -0.2) is 34.8 Å². The maximum absolute atomic E-state index is 12.3. The summed E-state index contributed by atoms with van der Waals surface area (Å²) in [6.07, 6.45) is 3.51. The lowest BCUT2D eigenvalue weighted by Gasteiger charge is -2.31. The minimum atomic E-state index is -0.0420. The summed E-state index contributed by atoms with van der Waals surface area (Å²) >= 11 is 1.41. The Balaban J connectivity index is 1.48. The van der Waals surface area contributed by atoms with Crippen molar-refractivity contribution in [1.29, 1.82) is 0 Å². The topological polar surface area (TPSA) is 62.3 Å². The molecule has 0 aliphatic carbocycles. The molecule has 0 radical (unpaired) electrons. The molecule has 1 saturated heterocycles. The number of aromatic nitrogens is 1. The molecule has 2 aromatic rings. The third-order valence-corrected chi connectivity index (χ3v) is 4.77. The second-order valence-electron chi connectivity index (χ2n) is 5.64. The van der Waals surface area contributed by atoms with Crippen molar-refractivity contribution in [2.75, 3.05) is 18.4 Å². The highest BCUT2D eigenvalue weighted by Gasteiger charge is 2.27. The first-order chi connectivity index (χ1) is 11.2. The molecule has 0 unspecified atom stereocenters. The maximum Gasteiger partial charge on any atom is 0.229 e. The SMILES string of the molecule is O=C(Nc1nccs1)C1CCN(C(=O)Cc2ccccc2)CC1. The number of piperidine rings is 1. The number of carbonyl (C=O) groups is 2. The summed E-state index contributed by atoms with van der Waals surface area (Å²) in [5.74, 6) is 0.102. The lowest BCUT2D eigenvalue weighted by molar-refractivity contribution is -0.133. The molecule has 2 heterocycles. The fourth-order valence-electron chi connectivity index (χ4n) is 2.77. The van der Waals surface area contributed by atoms with Gasteiger partial charge in [-0.3, -0.25) is 9.59 Å². The molecule has 1 fully saturated rings. The number of amides is 2. The first-order valence-electron chi connectivity index (χ1n) is 7.74. The summed E-state index contributed by atoms with van der Waals surface area (Å²) in [7, 11) is 0. The highest BCUT2D eigenvalue weighted by molar-refractivity contribution is 7.13. The van der Waals surface area contributed by atoms with Gasteiger partial charge in [0.2, 0.25) is 11.8 Å². The van der Waals surface area contributed by atoms with Gasteiger partial charge in [-0.25, -0.2) is 4.98 Å². The van der Waals surface area contributed by atoms with E-state index >= 15 is 0 Å². The van der Waals surface area contributed by atoms with Crippen molar-refractivity contribution in [2.24, 2.45) is 5.92 Å². The first kappa shape index (κ1) is 15.7. The smallest absolute Gasteiger partial charge is 0.229 e. The highest BCUT2D eigenvalue weighted by Crippen LogP contribution is 2.21. The fraction of sp³-hybridized carbons (Fsp3) is 0.353. The molecule has 6 heteroatoms. The van der Waals surface area contributed by atoms with Crippen molar-refractivity contribution >= 4 is 28.3 Å². The third-order valence-electron chi connectivity index (χ3n) is 4.08. The van der Waals surface area contributed by atoms with Crippen molar-refractivity contribution in [3.8, 4) is 0 Å². The molecule has 1 aromatic carbocycles. The van der Waals surface area contributed by atoms with E-state index in [1.165, 1.54) is 11.3 Å². The summed E-state index contributed by atoms with van der Waals surface area (Å²) in [6, 6.07) is 9.76. The van der Waals surface area contributed by atoms with Gasteiger partial charge in [-0.1, -0.05) is 30.3 Å². The molecule has 1 aromatic heterocycles. The predicted octanol–water partition coefficient (Wildman–Crippen LogP) is 2.56. The monoisotopic (exact) mass is 329 g/mol. The normalized spacial score (nSPS) is 15.4. The summed E-state index contributed by atoms with van der Waals surface area (Å²) in [4.78, 5) is 30.4. The van der Waals surface area contributed by atoms with Crippen LogP contribution in [-0.2, 0) is 16.0 Å². The Morgan fingerprint density at radius 1 is 1.22 bits per heavy atom. The Morgan fingerprint density at radius 2 is 1.96 bits per heavy atom. The molecule has 120 valence electrons. The van der Waals surface area contributed by atoms with E-state index in [9.17, 15) is 9.59 Å². The average Bonchev–Trinajstić information content (AvgIpc) is 3.09. The third kappa shape index (κ3) is 4.16. The zero-order chi connectivity index (χ0) is 16.1. The quantitative estimate of drug-likeness (QED) is 0.938. The number of likely N-dealkylation sites (tertiary alicyclic amines) is 1. The zero-order valence-corrected chi connectivity index (χ0v) is 13.6. The Hall–Kier alpha value is -2.21. The fourth-order valence-corrected chi connectivity index (χ4v) is 3.30. The van der Waals surface area contributed by atoms with Crippen LogP contribution >= 0.6 is 11.3 Å². The van der Waals surface area contributed by atoms with Gasteiger partial charge in [0, 0.05) is 30.6 Å². The largest absolute Gasteiger partial charge is 0.342 e. The zero-order valence-electron chi connectivity index (χ0n) is 12.8. The number of nitrogens with one attached hydrogen (secondary N) is 1. The van der Waals surface area contributed by atoms with Crippen LogP contribution in [0.2, 0.25) is 0 Å². The molecule has 1 aliphatic rings. The number of hydrogen-bond acceptors (Lipinski definition) is 4. The molecule has 23 heavy (non-hydrogen) atoms. The van der Waals surface area contributed by atoms with Crippen LogP contribution < -0.4 is 5.32 Å². The molecule has 0 bridgehead atoms. The Labute approximate surface area is 139 Å². The number of rotatable bonds is 4. The number of anilines is 1. The van der Waals surface area contributed by atoms with E-state index in [0.29, 0.717) is 37.5 Å². The number of nitrogens with zero attached hydrogens (tertiary/aromatic N) is 2. The van der Waals surface area contributed by atoms with Crippen molar-refractivity contribution in [2.45, 2.75) is 19.3 Å². The minimum absolute atomic E-state index is 0.00936. The molecular weight excluding hydrogens is 310 g/mol. The van der Waals surface area contributed by atoms with Crippen LogP contribution in [0.3, 0.4) is 0 Å². The Bertz CT molecular complexity index is 650. The van der Waals surface area contributed by atoms with E-state index in [0.717, 1.165) is 5.56 Å². The van der Waals surface area contributed by atoms with E-state index in [-0.39, 0.29) is 17.7 Å². The second kappa shape index (κ2) is 7.37. The minimum Gasteiger partial charge on any atom is -0.342 e. The van der Waals surface area contributed by atoms with E-state index < -0.39 is 0 Å². The van der Waals surface area contributed by atoms with Gasteiger partial charge in [0.1, 0.15) is 0 Å². The van der Waals surface area contributed by atoms with Crippen LogP contribution in [0, 0.1) is 5.92 Å². The van der Waals surface area contributed by atoms with Crippen LogP contribution in [0.4, 0.5) is 5.13 Å². The Kier molecular flexibility index (Phi) is 5.02. The van der Waals surface area contributed by atoms with Gasteiger partial charge in [-0.15, -0.1) is 11.3 Å². The van der Waals surface area contributed by atoms with Crippen LogP contribution in [0.25, 0.3) is 0 Å².